The summed E-state index contributed by atoms with van der Waals surface area (Å²) in [5.74, 6) is -0.324. The van der Waals surface area contributed by atoms with Crippen molar-refractivity contribution < 1.29 is 33.5 Å². The van der Waals surface area contributed by atoms with Crippen LogP contribution in [0.15, 0.2) is 24.3 Å². The van der Waals surface area contributed by atoms with E-state index in [1.807, 2.05) is 24.3 Å². The van der Waals surface area contributed by atoms with Crippen molar-refractivity contribution in [2.45, 2.75) is 70.3 Å². The van der Waals surface area contributed by atoms with Crippen LogP contribution in [-0.2, 0) is 34.8 Å². The molecule has 2 aliphatic carbocycles. The summed E-state index contributed by atoms with van der Waals surface area (Å²) in [6, 6.07) is 7.74. The van der Waals surface area contributed by atoms with Crippen molar-refractivity contribution in [3.8, 4) is 0 Å². The quantitative estimate of drug-likeness (QED) is 0.445. The van der Waals surface area contributed by atoms with Gasteiger partial charge in [-0.3, -0.25) is 9.59 Å². The van der Waals surface area contributed by atoms with Crippen LogP contribution in [0, 0.1) is 18.8 Å². The van der Waals surface area contributed by atoms with Crippen molar-refractivity contribution in [2.75, 3.05) is 0 Å². The predicted octanol–water partition coefficient (Wildman–Crippen LogP) is 5.90. The van der Waals surface area contributed by atoms with Gasteiger partial charge in [0.15, 0.2) is 0 Å². The zero-order valence-electron chi connectivity index (χ0n) is 16.4. The molecule has 2 N–H and O–H groups in total. The standard InChI is InChI=1S/C15H18O3.C7H13N.ClH.Pt/c1-10(15(17)18)12-7-5-11(6-8-12)9-13-3-2-4-14(13)16;1-6-4-2-3-5-7(6)8;;/h5-8,10,13H,2-4,9H2,1H3,(H,17,18);6-8H,1-5H2;1H;/q;-2;;+1/p-1. The van der Waals surface area contributed by atoms with Crippen LogP contribution in [0.1, 0.15) is 68.9 Å². The van der Waals surface area contributed by atoms with Gasteiger partial charge in [-0.05, 0) is 37.3 Å². The molecule has 4 atom stereocenters. The minimum absolute atomic E-state index is 0.142. The maximum absolute atomic E-state index is 11.6. The number of Topliss-reactive ketones (excluding diaryl/α,β-unsaturated/α-hetero) is 1. The topological polar surface area (TPSA) is 78.2 Å². The summed E-state index contributed by atoms with van der Waals surface area (Å²) in [6.45, 7) is 5.57. The predicted molar refractivity (Wildman–Crippen MR) is 110 cm³/mol. The number of halogens is 1. The Kier molecular flexibility index (Phi) is 12.2. The molecular formula is C22H31ClNO3Pt-2. The summed E-state index contributed by atoms with van der Waals surface area (Å²) >= 11 is 1.61. The van der Waals surface area contributed by atoms with Crippen molar-refractivity contribution in [1.29, 1.82) is 0 Å². The summed E-state index contributed by atoms with van der Waals surface area (Å²) in [7, 11) is 4.61. The van der Waals surface area contributed by atoms with Gasteiger partial charge in [0.05, 0.1) is 5.92 Å². The fraction of sp³-hybridized carbons (Fsp3) is 0.591. The van der Waals surface area contributed by atoms with Gasteiger partial charge >= 0.3 is 34.2 Å². The van der Waals surface area contributed by atoms with Gasteiger partial charge in [0.1, 0.15) is 5.78 Å². The number of carboxylic acid groups (broad SMARTS) is 1. The molecule has 0 radical (unpaired) electrons. The Morgan fingerprint density at radius 3 is 2.25 bits per heavy atom. The van der Waals surface area contributed by atoms with E-state index in [1.165, 1.54) is 19.3 Å². The third-order valence-electron chi connectivity index (χ3n) is 5.67. The Balaban J connectivity index is 0.000000327. The van der Waals surface area contributed by atoms with Crippen LogP contribution in [0.3, 0.4) is 0 Å². The van der Waals surface area contributed by atoms with E-state index in [4.69, 9.17) is 10.8 Å². The molecular weight excluding hydrogens is 557 g/mol. The van der Waals surface area contributed by atoms with Crippen LogP contribution in [0.25, 0.3) is 5.73 Å². The zero-order chi connectivity index (χ0) is 21.1. The van der Waals surface area contributed by atoms with E-state index in [9.17, 15) is 9.59 Å². The maximum atomic E-state index is 11.6. The Morgan fingerprint density at radius 1 is 1.21 bits per heavy atom. The molecule has 0 spiro atoms. The van der Waals surface area contributed by atoms with Crippen LogP contribution in [0.5, 0.6) is 0 Å². The molecule has 0 aromatic heterocycles. The molecule has 1 aromatic rings. The van der Waals surface area contributed by atoms with Gasteiger partial charge in [0.2, 0.25) is 0 Å². The number of nitrogens with one attached hydrogen (secondary N) is 1. The van der Waals surface area contributed by atoms with Gasteiger partial charge in [-0.2, -0.15) is 12.0 Å². The first-order chi connectivity index (χ1) is 13.4. The van der Waals surface area contributed by atoms with Gasteiger partial charge < -0.3 is 17.8 Å². The number of carbonyl (C=O) groups excluding carboxylic acids is 1. The van der Waals surface area contributed by atoms with Crippen LogP contribution in [0.4, 0.5) is 0 Å². The summed E-state index contributed by atoms with van der Waals surface area (Å²) in [6.07, 6.45) is 8.31. The van der Waals surface area contributed by atoms with Crippen molar-refractivity contribution in [3.63, 3.8) is 0 Å². The van der Waals surface area contributed by atoms with Crippen molar-refractivity contribution in [3.05, 3.63) is 48.0 Å². The summed E-state index contributed by atoms with van der Waals surface area (Å²) in [5.41, 5.74) is 9.35. The number of carbonyl (C=O) groups is 2. The van der Waals surface area contributed by atoms with E-state index < -0.39 is 11.9 Å². The number of hydrogen-bond acceptors (Lipinski definition) is 2. The van der Waals surface area contributed by atoms with E-state index in [2.05, 4.69) is 16.3 Å². The van der Waals surface area contributed by atoms with Crippen LogP contribution < -0.4 is 0 Å². The third-order valence-corrected chi connectivity index (χ3v) is 5.67. The SMILES string of the molecule is CC(C(=O)O)c1ccc(CC2CCCC2=O)cc1.[CH2-]C1CCCCC1[NH-].[Cl][Pt]. The minimum atomic E-state index is -0.811. The molecule has 6 heteroatoms. The zero-order valence-corrected chi connectivity index (χ0v) is 19.5. The normalized spacial score (nSPS) is 25.1. The Morgan fingerprint density at radius 2 is 1.82 bits per heavy atom. The van der Waals surface area contributed by atoms with E-state index >= 15 is 0 Å². The van der Waals surface area contributed by atoms with Gasteiger partial charge in [-0.1, -0.05) is 49.9 Å². The molecule has 2 saturated carbocycles. The second-order valence-corrected chi connectivity index (χ2v) is 7.71. The molecule has 2 aliphatic rings. The summed E-state index contributed by atoms with van der Waals surface area (Å²) in [4.78, 5) is 22.4. The number of benzene rings is 1. The molecule has 4 nitrogen and oxygen atoms in total. The third kappa shape index (κ3) is 8.35. The average molecular weight is 588 g/mol. The molecule has 1 aromatic carbocycles. The number of rotatable bonds is 4. The van der Waals surface area contributed by atoms with Crippen LogP contribution in [0.2, 0.25) is 0 Å². The fourth-order valence-electron chi connectivity index (χ4n) is 3.68. The fourth-order valence-corrected chi connectivity index (χ4v) is 3.68. The average Bonchev–Trinajstić information content (AvgIpc) is 3.11. The molecule has 3 rings (SSSR count). The molecule has 0 amide bonds. The summed E-state index contributed by atoms with van der Waals surface area (Å²) < 4.78 is 0. The van der Waals surface area contributed by atoms with Gasteiger partial charge in [-0.25, -0.2) is 0 Å². The van der Waals surface area contributed by atoms with E-state index in [-0.39, 0.29) is 12.0 Å². The number of ketones is 1. The van der Waals surface area contributed by atoms with Crippen LogP contribution in [-0.4, -0.2) is 22.9 Å². The molecule has 2 fully saturated rings. The number of hydrogen-bond donors (Lipinski definition) is 1. The van der Waals surface area contributed by atoms with Crippen molar-refractivity contribution >= 4 is 21.2 Å². The van der Waals surface area contributed by atoms with Gasteiger partial charge in [0, 0.05) is 12.3 Å². The Bertz CT molecular complexity index is 598. The van der Waals surface area contributed by atoms with Gasteiger partial charge in [-0.15, -0.1) is 0 Å². The van der Waals surface area contributed by atoms with E-state index in [0.29, 0.717) is 11.7 Å². The first-order valence-electron chi connectivity index (χ1n) is 9.89. The number of carboxylic acids is 1. The second-order valence-electron chi connectivity index (χ2n) is 7.71. The van der Waals surface area contributed by atoms with Crippen molar-refractivity contribution in [2.24, 2.45) is 11.8 Å². The molecule has 0 aliphatic heterocycles. The summed E-state index contributed by atoms with van der Waals surface area (Å²) in [5, 5.41) is 8.92. The monoisotopic (exact) mass is 587 g/mol. The molecule has 161 valence electrons. The van der Waals surface area contributed by atoms with Crippen LogP contribution >= 0.6 is 9.42 Å². The molecule has 28 heavy (non-hydrogen) atoms. The first-order valence-corrected chi connectivity index (χ1v) is 12.7. The second kappa shape index (κ2) is 13.5. The van der Waals surface area contributed by atoms with Crippen molar-refractivity contribution in [1.82, 2.24) is 0 Å². The molecule has 0 heterocycles. The molecule has 4 unspecified atom stereocenters. The Hall–Kier alpha value is -0.702. The Labute approximate surface area is 184 Å². The van der Waals surface area contributed by atoms with E-state index in [1.54, 1.807) is 25.7 Å². The number of aliphatic carboxylic acids is 1. The first kappa shape index (κ1) is 25.3. The molecule has 0 bridgehead atoms. The van der Waals surface area contributed by atoms with Gasteiger partial charge in [0.25, 0.3) is 0 Å². The van der Waals surface area contributed by atoms with E-state index in [0.717, 1.165) is 43.2 Å². The molecule has 0 saturated heterocycles.